The largest absolute Gasteiger partial charge is 0.370 e. The molecule has 3 amide bonds. The van der Waals surface area contributed by atoms with Gasteiger partial charge in [-0.05, 0) is 63.6 Å². The molecular formula is C27H40N4O3. The summed E-state index contributed by atoms with van der Waals surface area (Å²) in [5.74, 6) is -0.577. The number of ketones is 1. The number of nitrogens with zero attached hydrogens (tertiary/aromatic N) is 3. The molecule has 3 aliphatic rings. The second kappa shape index (κ2) is 9.33. The maximum atomic E-state index is 13.6. The highest BCUT2D eigenvalue weighted by molar-refractivity contribution is 5.89. The summed E-state index contributed by atoms with van der Waals surface area (Å²) in [6.45, 7) is 3.70. The molecule has 1 spiro atoms. The van der Waals surface area contributed by atoms with E-state index >= 15 is 0 Å². The molecule has 4 rings (SSSR count). The monoisotopic (exact) mass is 468 g/mol. The summed E-state index contributed by atoms with van der Waals surface area (Å²) in [5, 5.41) is 0. The van der Waals surface area contributed by atoms with Gasteiger partial charge in [0, 0.05) is 31.5 Å². The molecule has 1 aliphatic heterocycles. The third-order valence-electron chi connectivity index (χ3n) is 8.85. The van der Waals surface area contributed by atoms with E-state index in [1.807, 2.05) is 0 Å². The minimum atomic E-state index is -0.481. The van der Waals surface area contributed by atoms with Crippen molar-refractivity contribution in [1.82, 2.24) is 14.7 Å². The molecule has 7 nitrogen and oxygen atoms in total. The van der Waals surface area contributed by atoms with Gasteiger partial charge in [0.25, 0.3) is 0 Å². The molecule has 1 saturated heterocycles. The number of Topliss-reactive ketones (excluding diaryl/α,β-unsaturated/α-hetero) is 1. The Morgan fingerprint density at radius 1 is 1.00 bits per heavy atom. The molecule has 2 aliphatic carbocycles. The van der Waals surface area contributed by atoms with Gasteiger partial charge < -0.3 is 15.5 Å². The van der Waals surface area contributed by atoms with Crippen LogP contribution in [0.25, 0.3) is 0 Å². The van der Waals surface area contributed by atoms with Crippen LogP contribution in [0.5, 0.6) is 0 Å². The average molecular weight is 469 g/mol. The Morgan fingerprint density at radius 3 is 2.18 bits per heavy atom. The first-order chi connectivity index (χ1) is 16.1. The standard InChI is InChI=1S/C27H40N4O3/c1-25(12-7-13-25)19-31-24(34)30(18-22(32)10-11-23(28)33)20-26(31)14-16-27(17-15-26,29(2)3)21-8-5-4-6-9-21/h4-6,8-9H,7,10-20H2,1-3H3,(H2,28,33). The van der Waals surface area contributed by atoms with Gasteiger partial charge in [0.2, 0.25) is 5.91 Å². The number of benzene rings is 1. The van der Waals surface area contributed by atoms with Crippen LogP contribution in [0.15, 0.2) is 30.3 Å². The minimum absolute atomic E-state index is 0.0161. The third-order valence-corrected chi connectivity index (χ3v) is 8.85. The fourth-order valence-corrected chi connectivity index (χ4v) is 6.41. The summed E-state index contributed by atoms with van der Waals surface area (Å²) in [5.41, 5.74) is 6.42. The summed E-state index contributed by atoms with van der Waals surface area (Å²) >= 11 is 0. The Labute approximate surface area is 203 Å². The molecule has 0 aromatic heterocycles. The molecule has 3 fully saturated rings. The predicted molar refractivity (Wildman–Crippen MR) is 132 cm³/mol. The number of urea groups is 1. The van der Waals surface area contributed by atoms with E-state index in [1.165, 1.54) is 12.0 Å². The molecule has 34 heavy (non-hydrogen) atoms. The average Bonchev–Trinajstić information content (AvgIpc) is 3.03. The summed E-state index contributed by atoms with van der Waals surface area (Å²) in [4.78, 5) is 43.5. The van der Waals surface area contributed by atoms with Crippen molar-refractivity contribution in [2.24, 2.45) is 11.1 Å². The van der Waals surface area contributed by atoms with E-state index in [0.717, 1.165) is 45.1 Å². The first kappa shape index (κ1) is 24.7. The van der Waals surface area contributed by atoms with Gasteiger partial charge in [-0.15, -0.1) is 0 Å². The van der Waals surface area contributed by atoms with Gasteiger partial charge in [-0.1, -0.05) is 43.7 Å². The highest BCUT2D eigenvalue weighted by atomic mass is 16.2. The highest BCUT2D eigenvalue weighted by Gasteiger charge is 2.56. The molecule has 0 atom stereocenters. The SMILES string of the molecule is CN(C)C1(c2ccccc2)CCC2(CC1)CN(CC(=O)CCC(N)=O)C(=O)N2CC1(C)CCC1. The summed E-state index contributed by atoms with van der Waals surface area (Å²) in [6, 6.07) is 10.7. The molecular weight excluding hydrogens is 428 g/mol. The second-order valence-electron chi connectivity index (χ2n) is 11.4. The number of hydrogen-bond acceptors (Lipinski definition) is 4. The normalized spacial score (nSPS) is 28.4. The van der Waals surface area contributed by atoms with Crippen LogP contribution >= 0.6 is 0 Å². The van der Waals surface area contributed by atoms with E-state index in [0.29, 0.717) is 6.54 Å². The topological polar surface area (TPSA) is 87.0 Å². The van der Waals surface area contributed by atoms with Gasteiger partial charge in [0.1, 0.15) is 0 Å². The van der Waals surface area contributed by atoms with Crippen molar-refractivity contribution in [3.63, 3.8) is 0 Å². The quantitative estimate of drug-likeness (QED) is 0.601. The maximum Gasteiger partial charge on any atom is 0.321 e. The molecule has 0 bridgehead atoms. The lowest BCUT2D eigenvalue weighted by Crippen LogP contribution is -2.57. The van der Waals surface area contributed by atoms with Gasteiger partial charge in [0.15, 0.2) is 5.78 Å². The molecule has 0 radical (unpaired) electrons. The fraction of sp³-hybridized carbons (Fsp3) is 0.667. The van der Waals surface area contributed by atoms with E-state index in [9.17, 15) is 14.4 Å². The summed E-state index contributed by atoms with van der Waals surface area (Å²) in [7, 11) is 4.31. The van der Waals surface area contributed by atoms with E-state index in [4.69, 9.17) is 5.73 Å². The van der Waals surface area contributed by atoms with Gasteiger partial charge in [-0.25, -0.2) is 4.79 Å². The van der Waals surface area contributed by atoms with Gasteiger partial charge >= 0.3 is 6.03 Å². The number of carbonyl (C=O) groups is 3. The minimum Gasteiger partial charge on any atom is -0.370 e. The van der Waals surface area contributed by atoms with Crippen LogP contribution in [0.4, 0.5) is 4.79 Å². The van der Waals surface area contributed by atoms with E-state index < -0.39 is 5.91 Å². The lowest BCUT2D eigenvalue weighted by Gasteiger charge is -2.53. The number of carbonyl (C=O) groups excluding carboxylic acids is 3. The van der Waals surface area contributed by atoms with Crippen LogP contribution in [-0.2, 0) is 15.1 Å². The molecule has 2 saturated carbocycles. The maximum absolute atomic E-state index is 13.6. The fourth-order valence-electron chi connectivity index (χ4n) is 6.41. The molecule has 1 aromatic rings. The number of hydrogen-bond donors (Lipinski definition) is 1. The van der Waals surface area contributed by atoms with Gasteiger partial charge in [-0.2, -0.15) is 0 Å². The van der Waals surface area contributed by atoms with E-state index in [1.54, 1.807) is 4.90 Å². The van der Waals surface area contributed by atoms with Crippen LogP contribution in [-0.4, -0.2) is 71.7 Å². The molecule has 0 unspecified atom stereocenters. The third kappa shape index (κ3) is 4.59. The Hall–Kier alpha value is -2.41. The van der Waals surface area contributed by atoms with E-state index in [-0.39, 0.29) is 47.7 Å². The number of primary amides is 1. The van der Waals surface area contributed by atoms with Crippen LogP contribution < -0.4 is 5.73 Å². The van der Waals surface area contributed by atoms with Crippen LogP contribution in [0.2, 0.25) is 0 Å². The van der Waals surface area contributed by atoms with E-state index in [2.05, 4.69) is 61.2 Å². The Bertz CT molecular complexity index is 917. The molecule has 7 heteroatoms. The van der Waals surface area contributed by atoms with Crippen molar-refractivity contribution in [3.8, 4) is 0 Å². The molecule has 1 aromatic carbocycles. The van der Waals surface area contributed by atoms with Crippen LogP contribution in [0.1, 0.15) is 70.3 Å². The molecule has 1 heterocycles. The van der Waals surface area contributed by atoms with Crippen molar-refractivity contribution in [2.45, 2.75) is 75.8 Å². The first-order valence-corrected chi connectivity index (χ1v) is 12.7. The smallest absolute Gasteiger partial charge is 0.321 e. The Balaban J connectivity index is 1.56. The summed E-state index contributed by atoms with van der Waals surface area (Å²) in [6.07, 6.45) is 7.41. The number of rotatable bonds is 9. The van der Waals surface area contributed by atoms with Gasteiger partial charge in [-0.3, -0.25) is 14.5 Å². The number of amides is 3. The van der Waals surface area contributed by atoms with Gasteiger partial charge in [0.05, 0.1) is 12.1 Å². The van der Waals surface area contributed by atoms with Crippen LogP contribution in [0.3, 0.4) is 0 Å². The lowest BCUT2D eigenvalue weighted by atomic mass is 9.66. The molecule has 2 N–H and O–H groups in total. The van der Waals surface area contributed by atoms with Crippen molar-refractivity contribution >= 4 is 17.7 Å². The predicted octanol–water partition coefficient (Wildman–Crippen LogP) is 3.52. The second-order valence-corrected chi connectivity index (χ2v) is 11.4. The van der Waals surface area contributed by atoms with Crippen molar-refractivity contribution in [1.29, 1.82) is 0 Å². The lowest BCUT2D eigenvalue weighted by molar-refractivity contribution is -0.124. The van der Waals surface area contributed by atoms with Crippen molar-refractivity contribution < 1.29 is 14.4 Å². The Morgan fingerprint density at radius 2 is 1.65 bits per heavy atom. The first-order valence-electron chi connectivity index (χ1n) is 12.7. The molecule has 186 valence electrons. The zero-order valence-corrected chi connectivity index (χ0v) is 21.0. The zero-order chi connectivity index (χ0) is 24.6. The van der Waals surface area contributed by atoms with Crippen LogP contribution in [0, 0.1) is 5.41 Å². The highest BCUT2D eigenvalue weighted by Crippen LogP contribution is 2.51. The summed E-state index contributed by atoms with van der Waals surface area (Å²) < 4.78 is 0. The Kier molecular flexibility index (Phi) is 6.78. The number of nitrogens with two attached hydrogens (primary N) is 1. The zero-order valence-electron chi connectivity index (χ0n) is 21.0. The van der Waals surface area contributed by atoms with Crippen molar-refractivity contribution in [2.75, 3.05) is 33.7 Å². The van der Waals surface area contributed by atoms with Crippen molar-refractivity contribution in [3.05, 3.63) is 35.9 Å².